The van der Waals surface area contributed by atoms with Gasteiger partial charge in [0.25, 0.3) is 0 Å². The number of hydrogen-bond donors (Lipinski definition) is 1. The number of methoxy groups -OCH3 is 1. The topological polar surface area (TPSA) is 49.3 Å². The number of guanidine groups is 1. The Morgan fingerprint density at radius 2 is 1.83 bits per heavy atom. The zero-order chi connectivity index (χ0) is 20.3. The van der Waals surface area contributed by atoms with E-state index in [1.165, 1.54) is 37.9 Å². The first-order valence-corrected chi connectivity index (χ1v) is 11.1. The van der Waals surface area contributed by atoms with Crippen molar-refractivity contribution < 1.29 is 9.47 Å². The standard InChI is InChI=1S/C23H38N4O2.HI/c1-24-23(25-16-20-8-11-26(12-9-20)14-15-28-2)27-13-10-22(17-27)19-29-18-21-6-4-3-5-7-21;/h3-7,20,22H,8-19H2,1-2H3,(H,24,25);1H. The third-order valence-electron chi connectivity index (χ3n) is 6.13. The van der Waals surface area contributed by atoms with Crippen molar-refractivity contribution in [1.29, 1.82) is 0 Å². The molecule has 7 heteroatoms. The molecule has 2 aliphatic heterocycles. The molecule has 6 nitrogen and oxygen atoms in total. The Morgan fingerprint density at radius 1 is 1.10 bits per heavy atom. The van der Waals surface area contributed by atoms with Crippen LogP contribution in [0.2, 0.25) is 0 Å². The van der Waals surface area contributed by atoms with E-state index in [4.69, 9.17) is 9.47 Å². The number of hydrogen-bond acceptors (Lipinski definition) is 4. The van der Waals surface area contributed by atoms with E-state index in [2.05, 4.69) is 44.4 Å². The van der Waals surface area contributed by atoms with Crippen LogP contribution >= 0.6 is 24.0 Å². The van der Waals surface area contributed by atoms with Gasteiger partial charge in [0.15, 0.2) is 5.96 Å². The second-order valence-electron chi connectivity index (χ2n) is 8.31. The summed E-state index contributed by atoms with van der Waals surface area (Å²) in [5.41, 5.74) is 1.24. The predicted molar refractivity (Wildman–Crippen MR) is 134 cm³/mol. The van der Waals surface area contributed by atoms with Crippen molar-refractivity contribution in [2.45, 2.75) is 25.9 Å². The van der Waals surface area contributed by atoms with Gasteiger partial charge >= 0.3 is 0 Å². The van der Waals surface area contributed by atoms with Gasteiger partial charge in [-0.1, -0.05) is 30.3 Å². The zero-order valence-electron chi connectivity index (χ0n) is 18.6. The fraction of sp³-hybridized carbons (Fsp3) is 0.696. The second kappa shape index (κ2) is 14.2. The molecule has 2 aliphatic rings. The van der Waals surface area contributed by atoms with E-state index in [1.807, 2.05) is 13.1 Å². The lowest BCUT2D eigenvalue weighted by Crippen LogP contribution is -2.44. The van der Waals surface area contributed by atoms with E-state index in [1.54, 1.807) is 7.11 Å². The number of likely N-dealkylation sites (tertiary alicyclic amines) is 2. The van der Waals surface area contributed by atoms with E-state index < -0.39 is 0 Å². The highest BCUT2D eigenvalue weighted by atomic mass is 127. The quantitative estimate of drug-likeness (QED) is 0.302. The molecule has 0 aromatic heterocycles. The molecule has 170 valence electrons. The molecule has 0 aliphatic carbocycles. The highest BCUT2D eigenvalue weighted by molar-refractivity contribution is 14.0. The van der Waals surface area contributed by atoms with Crippen LogP contribution in [0.4, 0.5) is 0 Å². The monoisotopic (exact) mass is 530 g/mol. The summed E-state index contributed by atoms with van der Waals surface area (Å²) in [5.74, 6) is 2.37. The van der Waals surface area contributed by atoms with Crippen LogP contribution in [0.25, 0.3) is 0 Å². The molecule has 1 unspecified atom stereocenters. The molecule has 0 bridgehead atoms. The van der Waals surface area contributed by atoms with Crippen LogP contribution in [-0.4, -0.2) is 82.4 Å². The van der Waals surface area contributed by atoms with Crippen LogP contribution in [0.5, 0.6) is 0 Å². The normalized spacial score (nSPS) is 20.9. The fourth-order valence-corrected chi connectivity index (χ4v) is 4.28. The maximum absolute atomic E-state index is 5.96. The van der Waals surface area contributed by atoms with Crippen LogP contribution in [0, 0.1) is 11.8 Å². The van der Waals surface area contributed by atoms with Gasteiger partial charge in [0, 0.05) is 46.3 Å². The first kappa shape index (κ1) is 25.4. The van der Waals surface area contributed by atoms with Crippen molar-refractivity contribution in [3.05, 3.63) is 35.9 Å². The van der Waals surface area contributed by atoms with Gasteiger partial charge in [-0.25, -0.2) is 0 Å². The van der Waals surface area contributed by atoms with E-state index in [0.717, 1.165) is 51.3 Å². The van der Waals surface area contributed by atoms with E-state index in [0.29, 0.717) is 12.5 Å². The van der Waals surface area contributed by atoms with Crippen molar-refractivity contribution in [2.24, 2.45) is 16.8 Å². The summed E-state index contributed by atoms with van der Waals surface area (Å²) in [7, 11) is 3.68. The van der Waals surface area contributed by atoms with Crippen LogP contribution in [-0.2, 0) is 16.1 Å². The number of piperidine rings is 1. The summed E-state index contributed by atoms with van der Waals surface area (Å²) in [6, 6.07) is 10.4. The van der Waals surface area contributed by atoms with E-state index in [-0.39, 0.29) is 24.0 Å². The number of rotatable bonds is 9. The smallest absolute Gasteiger partial charge is 0.193 e. The Labute approximate surface area is 199 Å². The number of halogens is 1. The molecule has 2 heterocycles. The number of benzene rings is 1. The summed E-state index contributed by atoms with van der Waals surface area (Å²) >= 11 is 0. The molecule has 2 saturated heterocycles. The largest absolute Gasteiger partial charge is 0.383 e. The third-order valence-corrected chi connectivity index (χ3v) is 6.13. The van der Waals surface area contributed by atoms with Gasteiger partial charge in [-0.2, -0.15) is 0 Å². The molecule has 1 atom stereocenters. The van der Waals surface area contributed by atoms with Crippen molar-refractivity contribution in [3.8, 4) is 0 Å². The molecular formula is C23H39IN4O2. The average Bonchev–Trinajstić information content (AvgIpc) is 3.23. The lowest BCUT2D eigenvalue weighted by Gasteiger charge is -2.32. The van der Waals surface area contributed by atoms with Crippen molar-refractivity contribution in [3.63, 3.8) is 0 Å². The van der Waals surface area contributed by atoms with Gasteiger partial charge < -0.3 is 24.6 Å². The molecule has 0 radical (unpaired) electrons. The van der Waals surface area contributed by atoms with Crippen LogP contribution in [0.1, 0.15) is 24.8 Å². The zero-order valence-corrected chi connectivity index (χ0v) is 20.9. The van der Waals surface area contributed by atoms with E-state index >= 15 is 0 Å². The summed E-state index contributed by atoms with van der Waals surface area (Å²) in [4.78, 5) is 9.44. The Bertz CT molecular complexity index is 608. The summed E-state index contributed by atoms with van der Waals surface area (Å²) in [6.07, 6.45) is 3.68. The minimum absolute atomic E-state index is 0. The fourth-order valence-electron chi connectivity index (χ4n) is 4.28. The van der Waals surface area contributed by atoms with Gasteiger partial charge in [-0.15, -0.1) is 24.0 Å². The number of ether oxygens (including phenoxy) is 2. The minimum atomic E-state index is 0. The van der Waals surface area contributed by atoms with Crippen molar-refractivity contribution >= 4 is 29.9 Å². The van der Waals surface area contributed by atoms with Crippen molar-refractivity contribution in [2.75, 3.05) is 66.6 Å². The van der Waals surface area contributed by atoms with Crippen LogP contribution in [0.15, 0.2) is 35.3 Å². The number of nitrogens with zero attached hydrogens (tertiary/aromatic N) is 3. The third kappa shape index (κ3) is 8.32. The molecular weight excluding hydrogens is 491 g/mol. The Morgan fingerprint density at radius 3 is 2.53 bits per heavy atom. The highest BCUT2D eigenvalue weighted by Gasteiger charge is 2.26. The van der Waals surface area contributed by atoms with Gasteiger partial charge in [0.05, 0.1) is 19.8 Å². The maximum atomic E-state index is 5.96. The van der Waals surface area contributed by atoms with Crippen LogP contribution < -0.4 is 5.32 Å². The number of nitrogens with one attached hydrogen (secondary N) is 1. The van der Waals surface area contributed by atoms with Gasteiger partial charge in [0.2, 0.25) is 0 Å². The van der Waals surface area contributed by atoms with Gasteiger partial charge in [-0.05, 0) is 43.8 Å². The molecule has 0 spiro atoms. The van der Waals surface area contributed by atoms with Gasteiger partial charge in [-0.3, -0.25) is 4.99 Å². The Kier molecular flexibility index (Phi) is 12.0. The predicted octanol–water partition coefficient (Wildman–Crippen LogP) is 3.08. The average molecular weight is 530 g/mol. The van der Waals surface area contributed by atoms with Gasteiger partial charge in [0.1, 0.15) is 0 Å². The first-order chi connectivity index (χ1) is 14.3. The lowest BCUT2D eigenvalue weighted by atomic mass is 9.97. The lowest BCUT2D eigenvalue weighted by molar-refractivity contribution is 0.0906. The second-order valence-corrected chi connectivity index (χ2v) is 8.31. The van der Waals surface area contributed by atoms with Crippen LogP contribution in [0.3, 0.4) is 0 Å². The summed E-state index contributed by atoms with van der Waals surface area (Å²) in [6.45, 7) is 8.89. The Hall–Kier alpha value is -0.900. The number of aliphatic imine (C=N–C) groups is 1. The molecule has 1 aromatic carbocycles. The molecule has 0 amide bonds. The Balaban J connectivity index is 0.00000320. The maximum Gasteiger partial charge on any atom is 0.193 e. The SMILES string of the molecule is CN=C(NCC1CCN(CCOC)CC1)N1CCC(COCc2ccccc2)C1.I. The van der Waals surface area contributed by atoms with Crippen molar-refractivity contribution in [1.82, 2.24) is 15.1 Å². The summed E-state index contributed by atoms with van der Waals surface area (Å²) < 4.78 is 11.2. The first-order valence-electron chi connectivity index (χ1n) is 11.1. The molecule has 1 aromatic rings. The van der Waals surface area contributed by atoms with E-state index in [9.17, 15) is 0 Å². The molecule has 1 N–H and O–H groups in total. The molecule has 30 heavy (non-hydrogen) atoms. The highest BCUT2D eigenvalue weighted by Crippen LogP contribution is 2.19. The molecule has 0 saturated carbocycles. The molecule has 2 fully saturated rings. The minimum Gasteiger partial charge on any atom is -0.383 e. The summed E-state index contributed by atoms with van der Waals surface area (Å²) in [5, 5.41) is 3.63. The molecule has 3 rings (SSSR count).